The third-order valence-corrected chi connectivity index (χ3v) is 2.88. The normalized spacial score (nSPS) is 12.2. The number of fused-ring (bicyclic) bond motifs is 1. The standard InChI is InChI=1S/C11H12NS/c1-11(2,3)8-4-5-9-10(6-8)13-7-12-9/h4-6H,1-3H3. The minimum atomic E-state index is 0.220. The highest BCUT2D eigenvalue weighted by Crippen LogP contribution is 2.26. The van der Waals surface area contributed by atoms with Gasteiger partial charge in [0.05, 0.1) is 10.2 Å². The molecule has 0 saturated carbocycles. The monoisotopic (exact) mass is 190 g/mol. The van der Waals surface area contributed by atoms with Crippen LogP contribution >= 0.6 is 11.3 Å². The quantitative estimate of drug-likeness (QED) is 0.620. The van der Waals surface area contributed by atoms with Crippen molar-refractivity contribution in [2.75, 3.05) is 0 Å². The third kappa shape index (κ3) is 1.59. The maximum Gasteiger partial charge on any atom is 0.153 e. The average Bonchev–Trinajstić information content (AvgIpc) is 2.47. The summed E-state index contributed by atoms with van der Waals surface area (Å²) < 4.78 is 1.23. The maximum atomic E-state index is 4.14. The molecular weight excluding hydrogens is 178 g/mol. The van der Waals surface area contributed by atoms with Crippen LogP contribution in [-0.4, -0.2) is 4.98 Å². The molecule has 13 heavy (non-hydrogen) atoms. The van der Waals surface area contributed by atoms with Crippen molar-refractivity contribution in [1.82, 2.24) is 4.98 Å². The first-order valence-corrected chi connectivity index (χ1v) is 5.16. The molecule has 1 nitrogen and oxygen atoms in total. The highest BCUT2D eigenvalue weighted by Gasteiger charge is 2.13. The Morgan fingerprint density at radius 2 is 2.08 bits per heavy atom. The molecule has 0 fully saturated rings. The van der Waals surface area contributed by atoms with Crippen LogP contribution in [0.1, 0.15) is 26.3 Å². The minimum absolute atomic E-state index is 0.220. The summed E-state index contributed by atoms with van der Waals surface area (Å²) in [4.78, 5) is 4.14. The minimum Gasteiger partial charge on any atom is -0.233 e. The zero-order chi connectivity index (χ0) is 9.47. The van der Waals surface area contributed by atoms with E-state index in [0.29, 0.717) is 0 Å². The molecule has 0 spiro atoms. The lowest BCUT2D eigenvalue weighted by Crippen LogP contribution is -2.10. The largest absolute Gasteiger partial charge is 0.233 e. The predicted molar refractivity (Wildman–Crippen MR) is 57.2 cm³/mol. The molecular formula is C11H12NS. The molecule has 1 aromatic heterocycles. The number of hydrogen-bond acceptors (Lipinski definition) is 2. The van der Waals surface area contributed by atoms with Crippen LogP contribution in [-0.2, 0) is 5.41 Å². The van der Waals surface area contributed by atoms with Crippen molar-refractivity contribution >= 4 is 21.6 Å². The second-order valence-corrected chi connectivity index (χ2v) is 5.06. The summed E-state index contributed by atoms with van der Waals surface area (Å²) in [6.45, 7) is 6.66. The molecule has 2 rings (SSSR count). The van der Waals surface area contributed by atoms with Gasteiger partial charge in [0.2, 0.25) is 0 Å². The van der Waals surface area contributed by atoms with Crippen LogP contribution in [0.5, 0.6) is 0 Å². The van der Waals surface area contributed by atoms with Crippen molar-refractivity contribution in [3.8, 4) is 0 Å². The van der Waals surface area contributed by atoms with Gasteiger partial charge in [0, 0.05) is 0 Å². The summed E-state index contributed by atoms with van der Waals surface area (Å²) >= 11 is 1.58. The molecule has 0 unspecified atom stereocenters. The SMILES string of the molecule is CC(C)(C)c1ccc2n[c]sc2c1. The lowest BCUT2D eigenvalue weighted by atomic mass is 9.87. The fraction of sp³-hybridized carbons (Fsp3) is 0.364. The van der Waals surface area contributed by atoms with Crippen LogP contribution in [0.15, 0.2) is 18.2 Å². The van der Waals surface area contributed by atoms with E-state index in [0.717, 1.165) is 5.52 Å². The number of rotatable bonds is 0. The van der Waals surface area contributed by atoms with Crippen LogP contribution in [0.2, 0.25) is 0 Å². The fourth-order valence-corrected chi connectivity index (χ4v) is 1.92. The van der Waals surface area contributed by atoms with Gasteiger partial charge in [-0.3, -0.25) is 0 Å². The van der Waals surface area contributed by atoms with Gasteiger partial charge in [0.25, 0.3) is 0 Å². The van der Waals surface area contributed by atoms with Gasteiger partial charge in [-0.15, -0.1) is 11.3 Å². The number of aromatic nitrogens is 1. The van der Waals surface area contributed by atoms with Crippen molar-refractivity contribution in [3.05, 3.63) is 29.3 Å². The number of benzene rings is 1. The Labute approximate surface area is 82.4 Å². The molecule has 0 atom stereocenters. The van der Waals surface area contributed by atoms with Gasteiger partial charge in [-0.2, -0.15) is 0 Å². The molecule has 67 valence electrons. The van der Waals surface area contributed by atoms with Crippen LogP contribution in [0.4, 0.5) is 0 Å². The van der Waals surface area contributed by atoms with E-state index in [1.165, 1.54) is 10.3 Å². The highest BCUT2D eigenvalue weighted by molar-refractivity contribution is 7.16. The molecule has 0 saturated heterocycles. The van der Waals surface area contributed by atoms with Crippen molar-refractivity contribution in [1.29, 1.82) is 0 Å². The van der Waals surface area contributed by atoms with E-state index in [2.05, 4.69) is 49.5 Å². The van der Waals surface area contributed by atoms with Crippen LogP contribution < -0.4 is 0 Å². The Kier molecular flexibility index (Phi) is 1.88. The number of hydrogen-bond donors (Lipinski definition) is 0. The smallest absolute Gasteiger partial charge is 0.153 e. The van der Waals surface area contributed by atoms with Gasteiger partial charge in [-0.25, -0.2) is 4.98 Å². The summed E-state index contributed by atoms with van der Waals surface area (Å²) in [5, 5.41) is 0. The number of nitrogens with zero attached hydrogens (tertiary/aromatic N) is 1. The molecule has 2 aromatic rings. The first kappa shape index (κ1) is 8.70. The summed E-state index contributed by atoms with van der Waals surface area (Å²) in [5.74, 6) is 0. The Morgan fingerprint density at radius 1 is 1.31 bits per heavy atom. The van der Waals surface area contributed by atoms with Gasteiger partial charge in [0.1, 0.15) is 0 Å². The van der Waals surface area contributed by atoms with Gasteiger partial charge >= 0.3 is 0 Å². The van der Waals surface area contributed by atoms with E-state index in [9.17, 15) is 0 Å². The molecule has 0 aliphatic carbocycles. The average molecular weight is 190 g/mol. The first-order valence-electron chi connectivity index (χ1n) is 4.34. The van der Waals surface area contributed by atoms with E-state index in [-0.39, 0.29) is 5.41 Å². The van der Waals surface area contributed by atoms with Gasteiger partial charge in [-0.05, 0) is 23.1 Å². The molecule has 0 bridgehead atoms. The Balaban J connectivity index is 2.61. The van der Waals surface area contributed by atoms with Crippen molar-refractivity contribution in [2.45, 2.75) is 26.2 Å². The van der Waals surface area contributed by atoms with E-state index in [4.69, 9.17) is 0 Å². The van der Waals surface area contributed by atoms with Crippen LogP contribution in [0.25, 0.3) is 10.2 Å². The van der Waals surface area contributed by atoms with E-state index < -0.39 is 0 Å². The Morgan fingerprint density at radius 3 is 2.77 bits per heavy atom. The third-order valence-electron chi connectivity index (χ3n) is 2.15. The second-order valence-electron chi connectivity index (χ2n) is 4.24. The molecule has 2 heteroatoms. The predicted octanol–water partition coefficient (Wildman–Crippen LogP) is 3.39. The fourth-order valence-electron chi connectivity index (χ4n) is 1.28. The molecule has 1 radical (unpaired) electrons. The van der Waals surface area contributed by atoms with Crippen molar-refractivity contribution in [3.63, 3.8) is 0 Å². The molecule has 1 heterocycles. The summed E-state index contributed by atoms with van der Waals surface area (Å²) in [6.07, 6.45) is 0. The lowest BCUT2D eigenvalue weighted by molar-refractivity contribution is 0.591. The first-order chi connectivity index (χ1) is 6.07. The van der Waals surface area contributed by atoms with Crippen LogP contribution in [0.3, 0.4) is 0 Å². The van der Waals surface area contributed by atoms with Gasteiger partial charge in [0.15, 0.2) is 5.51 Å². The molecule has 0 N–H and O–H groups in total. The van der Waals surface area contributed by atoms with E-state index in [1.54, 1.807) is 11.3 Å². The van der Waals surface area contributed by atoms with Gasteiger partial charge in [-0.1, -0.05) is 26.8 Å². The summed E-state index contributed by atoms with van der Waals surface area (Å²) in [7, 11) is 0. The zero-order valence-electron chi connectivity index (χ0n) is 8.09. The number of thiazole rings is 1. The topological polar surface area (TPSA) is 12.9 Å². The lowest BCUT2D eigenvalue weighted by Gasteiger charge is -2.18. The summed E-state index contributed by atoms with van der Waals surface area (Å²) in [6, 6.07) is 6.43. The molecule has 0 amide bonds. The van der Waals surface area contributed by atoms with Crippen molar-refractivity contribution in [2.24, 2.45) is 0 Å². The summed E-state index contributed by atoms with van der Waals surface area (Å²) in [5.41, 5.74) is 5.54. The molecule has 0 aliphatic rings. The van der Waals surface area contributed by atoms with Gasteiger partial charge < -0.3 is 0 Å². The Hall–Kier alpha value is -0.890. The van der Waals surface area contributed by atoms with E-state index >= 15 is 0 Å². The maximum absolute atomic E-state index is 4.14. The highest BCUT2D eigenvalue weighted by atomic mass is 32.1. The zero-order valence-corrected chi connectivity index (χ0v) is 8.90. The van der Waals surface area contributed by atoms with Crippen molar-refractivity contribution < 1.29 is 0 Å². The Bertz CT molecular complexity index is 423. The van der Waals surface area contributed by atoms with E-state index in [1.807, 2.05) is 0 Å². The molecule has 0 aliphatic heterocycles. The molecule has 1 aromatic carbocycles. The second kappa shape index (κ2) is 2.81. The van der Waals surface area contributed by atoms with Crippen LogP contribution in [0, 0.1) is 5.51 Å².